The van der Waals surface area contributed by atoms with Gasteiger partial charge in [-0.05, 0) is 46.5 Å². The van der Waals surface area contributed by atoms with Crippen LogP contribution in [0.1, 0.15) is 25.3 Å². The van der Waals surface area contributed by atoms with Crippen molar-refractivity contribution in [2.45, 2.75) is 19.8 Å². The van der Waals surface area contributed by atoms with Crippen molar-refractivity contribution < 1.29 is 0 Å². The molecule has 0 aliphatic rings. The van der Waals surface area contributed by atoms with Crippen LogP contribution in [0.4, 0.5) is 0 Å². The smallest absolute Gasteiger partial charge is 0.0816 e. The topological polar surface area (TPSA) is 17.8 Å². The van der Waals surface area contributed by atoms with Crippen molar-refractivity contribution >= 4 is 43.5 Å². The lowest BCUT2D eigenvalue weighted by atomic mass is 9.94. The van der Waals surface area contributed by atoms with Crippen molar-refractivity contribution in [1.29, 1.82) is 0 Å². The fourth-order valence-electron chi connectivity index (χ4n) is 5.59. The lowest BCUT2D eigenvalue weighted by molar-refractivity contribution is 0.869. The molecule has 2 aromatic heterocycles. The summed E-state index contributed by atoms with van der Waals surface area (Å²) in [5.74, 6) is 0.493. The molecule has 2 heteroatoms. The second-order valence-electron chi connectivity index (χ2n) is 9.83. The van der Waals surface area contributed by atoms with Gasteiger partial charge in [0, 0.05) is 27.4 Å². The zero-order valence-electron chi connectivity index (χ0n) is 20.4. The summed E-state index contributed by atoms with van der Waals surface area (Å²) in [5, 5.41) is 6.09. The number of aromatic nitrogens is 2. The molecule has 0 saturated heterocycles. The van der Waals surface area contributed by atoms with Gasteiger partial charge in [-0.25, -0.2) is 4.98 Å². The molecule has 0 fully saturated rings. The lowest BCUT2D eigenvalue weighted by Crippen LogP contribution is -1.96. The third kappa shape index (κ3) is 3.08. The Balaban J connectivity index is 1.69. The Kier molecular flexibility index (Phi) is 4.68. The van der Waals surface area contributed by atoms with Gasteiger partial charge >= 0.3 is 0 Å². The van der Waals surface area contributed by atoms with Crippen LogP contribution in [0.15, 0.2) is 115 Å². The van der Waals surface area contributed by atoms with Crippen LogP contribution < -0.4 is 0 Å². The monoisotopic (exact) mass is 462 g/mol. The average molecular weight is 463 g/mol. The quantitative estimate of drug-likeness (QED) is 0.256. The molecular weight excluding hydrogens is 436 g/mol. The number of pyridine rings is 1. The summed E-state index contributed by atoms with van der Waals surface area (Å²) < 4.78 is 2.40. The Morgan fingerprint density at radius 1 is 0.639 bits per heavy atom. The number of fused-ring (bicyclic) bond motifs is 6. The summed E-state index contributed by atoms with van der Waals surface area (Å²) in [4.78, 5) is 5.33. The summed E-state index contributed by atoms with van der Waals surface area (Å²) in [6.07, 6.45) is 0. The maximum atomic E-state index is 5.33. The summed E-state index contributed by atoms with van der Waals surface area (Å²) in [6.45, 7) is 4.50. The van der Waals surface area contributed by atoms with E-state index in [4.69, 9.17) is 4.98 Å². The standard InChI is InChI=1S/C34H26N2/c1-22(2)23-19-20-26-24(21-23)11-10-16-27(26)33-32-29-15-7-9-18-31(29)36(25-12-4-3-5-13-25)34(32)28-14-6-8-17-30(28)35-33/h3-22H,1-2H3. The van der Waals surface area contributed by atoms with Gasteiger partial charge < -0.3 is 4.57 Å². The predicted octanol–water partition coefficient (Wildman–Crippen LogP) is 9.28. The molecule has 0 aliphatic carbocycles. The lowest BCUT2D eigenvalue weighted by Gasteiger charge is -2.14. The van der Waals surface area contributed by atoms with E-state index in [0.29, 0.717) is 5.92 Å². The highest BCUT2D eigenvalue weighted by atomic mass is 15.0. The van der Waals surface area contributed by atoms with Crippen LogP contribution in [0.3, 0.4) is 0 Å². The molecule has 0 amide bonds. The molecule has 2 heterocycles. The van der Waals surface area contributed by atoms with Gasteiger partial charge in [0.2, 0.25) is 0 Å². The molecule has 36 heavy (non-hydrogen) atoms. The molecule has 0 unspecified atom stereocenters. The van der Waals surface area contributed by atoms with Gasteiger partial charge in [0.05, 0.1) is 22.2 Å². The van der Waals surface area contributed by atoms with Crippen LogP contribution in [0.2, 0.25) is 0 Å². The number of rotatable bonds is 3. The first-order valence-electron chi connectivity index (χ1n) is 12.6. The summed E-state index contributed by atoms with van der Waals surface area (Å²) in [5.41, 5.74) is 8.14. The molecule has 0 N–H and O–H groups in total. The van der Waals surface area contributed by atoms with E-state index in [-0.39, 0.29) is 0 Å². The first-order chi connectivity index (χ1) is 17.7. The third-order valence-corrected chi connectivity index (χ3v) is 7.34. The molecule has 0 saturated carbocycles. The van der Waals surface area contributed by atoms with E-state index in [1.807, 2.05) is 0 Å². The van der Waals surface area contributed by atoms with Crippen LogP contribution in [-0.4, -0.2) is 9.55 Å². The number of nitrogens with zero attached hydrogens (tertiary/aromatic N) is 2. The van der Waals surface area contributed by atoms with Crippen molar-refractivity contribution in [2.24, 2.45) is 0 Å². The molecule has 7 aromatic rings. The van der Waals surface area contributed by atoms with Crippen LogP contribution >= 0.6 is 0 Å². The molecule has 0 spiro atoms. The van der Waals surface area contributed by atoms with Crippen molar-refractivity contribution in [3.8, 4) is 16.9 Å². The van der Waals surface area contributed by atoms with E-state index in [1.54, 1.807) is 0 Å². The summed E-state index contributed by atoms with van der Waals surface area (Å²) in [7, 11) is 0. The second kappa shape index (κ2) is 8.07. The zero-order chi connectivity index (χ0) is 24.2. The van der Waals surface area contributed by atoms with Gasteiger partial charge in [0.1, 0.15) is 0 Å². The Labute approximate surface area is 210 Å². The van der Waals surface area contributed by atoms with Crippen molar-refractivity contribution in [3.05, 3.63) is 121 Å². The maximum absolute atomic E-state index is 5.33. The van der Waals surface area contributed by atoms with Crippen LogP contribution in [0.5, 0.6) is 0 Å². The number of benzene rings is 5. The van der Waals surface area contributed by atoms with Crippen LogP contribution in [-0.2, 0) is 0 Å². The van der Waals surface area contributed by atoms with Crippen LogP contribution in [0.25, 0.3) is 60.4 Å². The van der Waals surface area contributed by atoms with Gasteiger partial charge in [-0.3, -0.25) is 0 Å². The predicted molar refractivity (Wildman–Crippen MR) is 153 cm³/mol. The molecule has 2 nitrogen and oxygen atoms in total. The van der Waals surface area contributed by atoms with E-state index in [1.165, 1.54) is 49.1 Å². The maximum Gasteiger partial charge on any atom is 0.0816 e. The molecule has 5 aromatic carbocycles. The molecular formula is C34H26N2. The summed E-state index contributed by atoms with van der Waals surface area (Å²) in [6, 6.07) is 41.4. The number of para-hydroxylation sites is 3. The van der Waals surface area contributed by atoms with E-state index < -0.39 is 0 Å². The SMILES string of the molecule is CC(C)c1ccc2c(-c3nc4ccccc4c4c3c3ccccc3n4-c3ccccc3)cccc2c1. The number of hydrogen-bond donors (Lipinski definition) is 0. The van der Waals surface area contributed by atoms with Crippen molar-refractivity contribution in [3.63, 3.8) is 0 Å². The number of hydrogen-bond acceptors (Lipinski definition) is 1. The van der Waals surface area contributed by atoms with E-state index in [0.717, 1.165) is 16.9 Å². The Morgan fingerprint density at radius 2 is 1.39 bits per heavy atom. The third-order valence-electron chi connectivity index (χ3n) is 7.34. The summed E-state index contributed by atoms with van der Waals surface area (Å²) >= 11 is 0. The van der Waals surface area contributed by atoms with Crippen molar-refractivity contribution in [1.82, 2.24) is 9.55 Å². The minimum absolute atomic E-state index is 0.493. The highest BCUT2D eigenvalue weighted by Gasteiger charge is 2.21. The Morgan fingerprint density at radius 3 is 2.22 bits per heavy atom. The fraction of sp³-hybridized carbons (Fsp3) is 0.0882. The zero-order valence-corrected chi connectivity index (χ0v) is 20.4. The normalized spacial score (nSPS) is 11.9. The molecule has 0 atom stereocenters. The average Bonchev–Trinajstić information content (AvgIpc) is 3.28. The second-order valence-corrected chi connectivity index (χ2v) is 9.83. The Bertz CT molecular complexity index is 1910. The molecule has 172 valence electrons. The van der Waals surface area contributed by atoms with Gasteiger partial charge in [-0.15, -0.1) is 0 Å². The van der Waals surface area contributed by atoms with Crippen LogP contribution in [0, 0.1) is 0 Å². The minimum atomic E-state index is 0.493. The fourth-order valence-corrected chi connectivity index (χ4v) is 5.59. The van der Waals surface area contributed by atoms with Gasteiger partial charge in [0.15, 0.2) is 0 Å². The van der Waals surface area contributed by atoms with Gasteiger partial charge in [-0.1, -0.05) is 105 Å². The Hall–Kier alpha value is -4.43. The largest absolute Gasteiger partial charge is 0.308 e. The first-order valence-corrected chi connectivity index (χ1v) is 12.6. The molecule has 7 rings (SSSR count). The van der Waals surface area contributed by atoms with Gasteiger partial charge in [0.25, 0.3) is 0 Å². The van der Waals surface area contributed by atoms with E-state index in [9.17, 15) is 0 Å². The molecule has 0 bridgehead atoms. The van der Waals surface area contributed by atoms with E-state index in [2.05, 4.69) is 134 Å². The minimum Gasteiger partial charge on any atom is -0.308 e. The highest BCUT2D eigenvalue weighted by Crippen LogP contribution is 2.42. The van der Waals surface area contributed by atoms with E-state index >= 15 is 0 Å². The molecule has 0 radical (unpaired) electrons. The molecule has 0 aliphatic heterocycles. The van der Waals surface area contributed by atoms with Gasteiger partial charge in [-0.2, -0.15) is 0 Å². The first kappa shape index (κ1) is 20.9. The van der Waals surface area contributed by atoms with Crippen molar-refractivity contribution in [2.75, 3.05) is 0 Å². The highest BCUT2D eigenvalue weighted by molar-refractivity contribution is 6.23.